The SMILES string of the molecule is COc1ccc(-c2csc(=NC3CCCCC3)n2N=Cc2ccc(F)c(F)c2)c(OC)c1. The van der Waals surface area contributed by atoms with Gasteiger partial charge in [-0.2, -0.15) is 5.10 Å². The maximum Gasteiger partial charge on any atom is 0.206 e. The molecule has 32 heavy (non-hydrogen) atoms. The second-order valence-electron chi connectivity index (χ2n) is 7.62. The zero-order valence-electron chi connectivity index (χ0n) is 18.1. The number of aromatic nitrogens is 1. The van der Waals surface area contributed by atoms with Gasteiger partial charge in [-0.3, -0.25) is 4.99 Å². The lowest BCUT2D eigenvalue weighted by Gasteiger charge is -2.17. The third kappa shape index (κ3) is 4.91. The van der Waals surface area contributed by atoms with Crippen molar-refractivity contribution >= 4 is 17.6 Å². The lowest BCUT2D eigenvalue weighted by molar-refractivity contribution is 0.395. The van der Waals surface area contributed by atoms with Gasteiger partial charge in [-0.1, -0.05) is 25.3 Å². The van der Waals surface area contributed by atoms with Crippen molar-refractivity contribution in [2.24, 2.45) is 10.1 Å². The molecule has 8 heteroatoms. The van der Waals surface area contributed by atoms with Gasteiger partial charge in [0.15, 0.2) is 11.6 Å². The Hall–Kier alpha value is -3.00. The first-order valence-corrected chi connectivity index (χ1v) is 11.4. The van der Waals surface area contributed by atoms with Gasteiger partial charge in [-0.25, -0.2) is 13.5 Å². The van der Waals surface area contributed by atoms with Crippen molar-refractivity contribution in [1.82, 2.24) is 4.68 Å². The smallest absolute Gasteiger partial charge is 0.206 e. The molecule has 168 valence electrons. The van der Waals surface area contributed by atoms with Crippen LogP contribution in [0.1, 0.15) is 37.7 Å². The molecule has 1 aliphatic carbocycles. The minimum atomic E-state index is -0.909. The highest BCUT2D eigenvalue weighted by molar-refractivity contribution is 7.07. The average Bonchev–Trinajstić information content (AvgIpc) is 3.22. The first kappa shape index (κ1) is 22.2. The Morgan fingerprint density at radius 3 is 2.53 bits per heavy atom. The van der Waals surface area contributed by atoms with Crippen molar-refractivity contribution in [2.75, 3.05) is 14.2 Å². The van der Waals surface area contributed by atoms with E-state index in [0.717, 1.165) is 41.0 Å². The van der Waals surface area contributed by atoms with E-state index in [1.54, 1.807) is 18.9 Å². The van der Waals surface area contributed by atoms with Crippen molar-refractivity contribution in [2.45, 2.75) is 38.1 Å². The van der Waals surface area contributed by atoms with Gasteiger partial charge in [-0.15, -0.1) is 11.3 Å². The molecule has 0 atom stereocenters. The topological polar surface area (TPSA) is 48.1 Å². The van der Waals surface area contributed by atoms with Crippen LogP contribution in [0, 0.1) is 11.6 Å². The Bertz CT molecular complexity index is 1180. The number of benzene rings is 2. The monoisotopic (exact) mass is 457 g/mol. The van der Waals surface area contributed by atoms with E-state index >= 15 is 0 Å². The van der Waals surface area contributed by atoms with Crippen LogP contribution >= 0.6 is 11.3 Å². The molecule has 4 rings (SSSR count). The number of rotatable bonds is 6. The van der Waals surface area contributed by atoms with Crippen molar-refractivity contribution in [3.05, 3.63) is 63.8 Å². The molecule has 1 fully saturated rings. The number of hydrogen-bond donors (Lipinski definition) is 0. The summed E-state index contributed by atoms with van der Waals surface area (Å²) in [5, 5.41) is 6.58. The van der Waals surface area contributed by atoms with E-state index in [-0.39, 0.29) is 6.04 Å². The van der Waals surface area contributed by atoms with E-state index in [4.69, 9.17) is 14.5 Å². The van der Waals surface area contributed by atoms with Crippen LogP contribution in [-0.2, 0) is 0 Å². The molecule has 1 aromatic heterocycles. The summed E-state index contributed by atoms with van der Waals surface area (Å²) in [6, 6.07) is 9.55. The summed E-state index contributed by atoms with van der Waals surface area (Å²) in [5.74, 6) is -0.469. The fourth-order valence-corrected chi connectivity index (χ4v) is 4.68. The summed E-state index contributed by atoms with van der Waals surface area (Å²) in [6.45, 7) is 0. The van der Waals surface area contributed by atoms with Crippen LogP contribution in [0.25, 0.3) is 11.3 Å². The second kappa shape index (κ2) is 10.1. The third-order valence-electron chi connectivity index (χ3n) is 5.50. The van der Waals surface area contributed by atoms with Gasteiger partial charge in [-0.05, 0) is 42.7 Å². The quantitative estimate of drug-likeness (QED) is 0.451. The Balaban J connectivity index is 1.81. The highest BCUT2D eigenvalue weighted by atomic mass is 32.1. The predicted octanol–water partition coefficient (Wildman–Crippen LogP) is 5.63. The van der Waals surface area contributed by atoms with Crippen LogP contribution in [0.15, 0.2) is 51.9 Å². The Kier molecular flexibility index (Phi) is 6.99. The fourth-order valence-electron chi connectivity index (χ4n) is 3.78. The normalized spacial score (nSPS) is 15.4. The Labute approximate surface area is 189 Å². The van der Waals surface area contributed by atoms with Gasteiger partial charge in [0.05, 0.1) is 32.2 Å². The molecular weight excluding hydrogens is 432 g/mol. The molecule has 0 spiro atoms. The molecule has 0 bridgehead atoms. The summed E-state index contributed by atoms with van der Waals surface area (Å²) in [4.78, 5) is 5.72. The number of nitrogens with zero attached hydrogens (tertiary/aromatic N) is 3. The first-order chi connectivity index (χ1) is 15.6. The number of ether oxygens (including phenoxy) is 2. The summed E-state index contributed by atoms with van der Waals surface area (Å²) in [5.41, 5.74) is 2.08. The molecule has 2 aromatic carbocycles. The van der Waals surface area contributed by atoms with Crippen LogP contribution in [0.2, 0.25) is 0 Å². The number of thiazole rings is 1. The number of halogens is 2. The zero-order chi connectivity index (χ0) is 22.5. The Morgan fingerprint density at radius 1 is 1.00 bits per heavy atom. The minimum Gasteiger partial charge on any atom is -0.497 e. The van der Waals surface area contributed by atoms with E-state index in [1.165, 1.54) is 42.9 Å². The van der Waals surface area contributed by atoms with Crippen LogP contribution in [0.5, 0.6) is 11.5 Å². The van der Waals surface area contributed by atoms with E-state index in [2.05, 4.69) is 5.10 Å². The van der Waals surface area contributed by atoms with Gasteiger partial charge >= 0.3 is 0 Å². The number of methoxy groups -OCH3 is 2. The summed E-state index contributed by atoms with van der Waals surface area (Å²) >= 11 is 1.50. The highest BCUT2D eigenvalue weighted by Gasteiger charge is 2.16. The molecule has 1 aliphatic rings. The van der Waals surface area contributed by atoms with Crippen LogP contribution < -0.4 is 14.3 Å². The van der Waals surface area contributed by atoms with E-state index < -0.39 is 11.6 Å². The van der Waals surface area contributed by atoms with Crippen molar-refractivity contribution in [3.8, 4) is 22.8 Å². The van der Waals surface area contributed by atoms with Gasteiger partial charge in [0.25, 0.3) is 0 Å². The van der Waals surface area contributed by atoms with E-state index in [0.29, 0.717) is 17.1 Å². The van der Waals surface area contributed by atoms with E-state index in [9.17, 15) is 8.78 Å². The summed E-state index contributed by atoms with van der Waals surface area (Å²) in [7, 11) is 3.21. The standard InChI is InChI=1S/C24H25F2N3O2S/c1-30-18-9-10-19(23(13-18)31-2)22-15-32-24(28-17-6-4-3-5-7-17)29(22)27-14-16-8-11-20(25)21(26)12-16/h8-15,17H,3-7H2,1-2H3. The largest absolute Gasteiger partial charge is 0.497 e. The molecule has 0 saturated heterocycles. The molecular formula is C24H25F2N3O2S. The number of hydrogen-bond acceptors (Lipinski definition) is 5. The predicted molar refractivity (Wildman–Crippen MR) is 123 cm³/mol. The molecule has 0 amide bonds. The first-order valence-electron chi connectivity index (χ1n) is 10.5. The maximum absolute atomic E-state index is 13.7. The van der Waals surface area contributed by atoms with Crippen LogP contribution in [0.3, 0.4) is 0 Å². The summed E-state index contributed by atoms with van der Waals surface area (Å²) in [6.07, 6.45) is 7.24. The molecule has 0 unspecified atom stereocenters. The summed E-state index contributed by atoms with van der Waals surface area (Å²) < 4.78 is 39.6. The molecule has 0 aliphatic heterocycles. The van der Waals surface area contributed by atoms with E-state index in [1.807, 2.05) is 23.6 Å². The van der Waals surface area contributed by atoms with Crippen LogP contribution in [0.4, 0.5) is 8.78 Å². The average molecular weight is 458 g/mol. The van der Waals surface area contributed by atoms with Gasteiger partial charge in [0.2, 0.25) is 4.80 Å². The molecule has 1 heterocycles. The van der Waals surface area contributed by atoms with Crippen LogP contribution in [-0.4, -0.2) is 31.2 Å². The fraction of sp³-hybridized carbons (Fsp3) is 0.333. The second-order valence-corrected chi connectivity index (χ2v) is 8.46. The Morgan fingerprint density at radius 2 is 1.81 bits per heavy atom. The zero-order valence-corrected chi connectivity index (χ0v) is 18.9. The van der Waals surface area contributed by atoms with Crippen molar-refractivity contribution in [3.63, 3.8) is 0 Å². The molecule has 3 aromatic rings. The van der Waals surface area contributed by atoms with Crippen molar-refractivity contribution in [1.29, 1.82) is 0 Å². The lowest BCUT2D eigenvalue weighted by Crippen LogP contribution is -2.19. The maximum atomic E-state index is 13.7. The minimum absolute atomic E-state index is 0.262. The lowest BCUT2D eigenvalue weighted by atomic mass is 9.96. The molecule has 5 nitrogen and oxygen atoms in total. The van der Waals surface area contributed by atoms with Gasteiger partial charge in [0.1, 0.15) is 11.5 Å². The highest BCUT2D eigenvalue weighted by Crippen LogP contribution is 2.33. The molecule has 0 radical (unpaired) electrons. The molecule has 1 saturated carbocycles. The van der Waals surface area contributed by atoms with Gasteiger partial charge < -0.3 is 9.47 Å². The third-order valence-corrected chi connectivity index (χ3v) is 6.33. The molecule has 0 N–H and O–H groups in total. The van der Waals surface area contributed by atoms with Crippen molar-refractivity contribution < 1.29 is 18.3 Å². The van der Waals surface area contributed by atoms with Gasteiger partial charge in [0, 0.05) is 17.0 Å².